The van der Waals surface area contributed by atoms with Crippen LogP contribution >= 0.6 is 0 Å². The third-order valence-corrected chi connectivity index (χ3v) is 2.72. The first kappa shape index (κ1) is 7.83. The van der Waals surface area contributed by atoms with E-state index in [4.69, 9.17) is 0 Å². The van der Waals surface area contributed by atoms with Crippen LogP contribution in [-0.4, -0.2) is 6.67 Å². The Kier molecular flexibility index (Phi) is 1.67. The van der Waals surface area contributed by atoms with E-state index in [1.54, 1.807) is 0 Å². The van der Waals surface area contributed by atoms with Gasteiger partial charge in [0.15, 0.2) is 0 Å². The number of hydrogen-bond donors (Lipinski definition) is 2. The second-order valence-corrected chi connectivity index (χ2v) is 3.60. The van der Waals surface area contributed by atoms with Gasteiger partial charge in [0.05, 0.1) is 6.67 Å². The maximum atomic E-state index is 3.39. The smallest absolute Gasteiger partial charge is 0.0656 e. The van der Waals surface area contributed by atoms with E-state index < -0.39 is 0 Å². The zero-order valence-corrected chi connectivity index (χ0v) is 7.88. The van der Waals surface area contributed by atoms with Crippen molar-refractivity contribution in [2.45, 2.75) is 6.54 Å². The fourth-order valence-electron chi connectivity index (χ4n) is 2.02. The quantitative estimate of drug-likeness (QED) is 0.656. The molecule has 1 aliphatic heterocycles. The Balaban J connectivity index is 2.34. The topological polar surface area (TPSA) is 24.1 Å². The fourth-order valence-corrected chi connectivity index (χ4v) is 2.02. The average molecular weight is 184 g/mol. The Morgan fingerprint density at radius 3 is 2.93 bits per heavy atom. The van der Waals surface area contributed by atoms with Crippen molar-refractivity contribution in [3.8, 4) is 0 Å². The molecule has 2 nitrogen and oxygen atoms in total. The first-order chi connectivity index (χ1) is 6.95. The molecule has 0 spiro atoms. The molecule has 0 radical (unpaired) electrons. The predicted octanol–water partition coefficient (Wildman–Crippen LogP) is 2.31. The summed E-state index contributed by atoms with van der Waals surface area (Å²) >= 11 is 0. The zero-order valence-electron chi connectivity index (χ0n) is 7.88. The van der Waals surface area contributed by atoms with E-state index >= 15 is 0 Å². The van der Waals surface area contributed by atoms with Gasteiger partial charge in [-0.05, 0) is 10.9 Å². The van der Waals surface area contributed by atoms with Crippen molar-refractivity contribution >= 4 is 16.5 Å². The standard InChI is InChI=1S/C12H12N2/c1-2-4-11-9(3-1)5-6-10-7-13-8-14-12(10)11/h1-6,13-14H,7-8H2. The summed E-state index contributed by atoms with van der Waals surface area (Å²) in [5.41, 5.74) is 2.65. The first-order valence-electron chi connectivity index (χ1n) is 4.90. The van der Waals surface area contributed by atoms with E-state index in [1.807, 2.05) is 0 Å². The van der Waals surface area contributed by atoms with Gasteiger partial charge in [0.1, 0.15) is 0 Å². The number of nitrogens with one attached hydrogen (secondary N) is 2. The minimum atomic E-state index is 0.862. The number of fused-ring (bicyclic) bond motifs is 3. The monoisotopic (exact) mass is 184 g/mol. The highest BCUT2D eigenvalue weighted by atomic mass is 15.1. The van der Waals surface area contributed by atoms with Crippen LogP contribution < -0.4 is 10.6 Å². The number of anilines is 1. The zero-order chi connectivity index (χ0) is 9.38. The Hall–Kier alpha value is -1.54. The molecule has 0 aromatic heterocycles. The molecule has 70 valence electrons. The lowest BCUT2D eigenvalue weighted by Gasteiger charge is -2.20. The van der Waals surface area contributed by atoms with Crippen LogP contribution in [-0.2, 0) is 6.54 Å². The Bertz CT molecular complexity index is 477. The van der Waals surface area contributed by atoms with Crippen LogP contribution in [0.15, 0.2) is 36.4 Å². The molecule has 0 unspecified atom stereocenters. The number of benzene rings is 2. The lowest BCUT2D eigenvalue weighted by Crippen LogP contribution is -2.27. The summed E-state index contributed by atoms with van der Waals surface area (Å²) < 4.78 is 0. The highest BCUT2D eigenvalue weighted by molar-refractivity contribution is 5.95. The van der Waals surface area contributed by atoms with Gasteiger partial charge < -0.3 is 5.32 Å². The van der Waals surface area contributed by atoms with E-state index in [1.165, 1.54) is 22.0 Å². The lowest BCUT2D eigenvalue weighted by molar-refractivity contribution is 0.711. The molecular formula is C12H12N2. The Morgan fingerprint density at radius 1 is 1.00 bits per heavy atom. The molecule has 0 saturated heterocycles. The largest absolute Gasteiger partial charge is 0.372 e. The fraction of sp³-hybridized carbons (Fsp3) is 0.167. The maximum absolute atomic E-state index is 3.39. The summed E-state index contributed by atoms with van der Waals surface area (Å²) in [6.07, 6.45) is 0. The van der Waals surface area contributed by atoms with Crippen molar-refractivity contribution in [1.29, 1.82) is 0 Å². The van der Waals surface area contributed by atoms with Crippen molar-refractivity contribution in [2.75, 3.05) is 12.0 Å². The van der Waals surface area contributed by atoms with Crippen LogP contribution in [0.3, 0.4) is 0 Å². The second-order valence-electron chi connectivity index (χ2n) is 3.60. The molecule has 2 aromatic carbocycles. The Labute approximate surface area is 82.9 Å². The van der Waals surface area contributed by atoms with E-state index in [0.29, 0.717) is 0 Å². The van der Waals surface area contributed by atoms with Gasteiger partial charge in [0.2, 0.25) is 0 Å². The van der Waals surface area contributed by atoms with Gasteiger partial charge in [0, 0.05) is 17.6 Å². The third kappa shape index (κ3) is 1.08. The van der Waals surface area contributed by atoms with E-state index in [9.17, 15) is 0 Å². The molecule has 2 N–H and O–H groups in total. The van der Waals surface area contributed by atoms with Crippen molar-refractivity contribution in [3.05, 3.63) is 42.0 Å². The van der Waals surface area contributed by atoms with Crippen LogP contribution in [0, 0.1) is 0 Å². The summed E-state index contributed by atoms with van der Waals surface area (Å²) in [5, 5.41) is 9.32. The van der Waals surface area contributed by atoms with Gasteiger partial charge in [-0.1, -0.05) is 36.4 Å². The van der Waals surface area contributed by atoms with Gasteiger partial charge in [0.25, 0.3) is 0 Å². The number of hydrogen-bond acceptors (Lipinski definition) is 2. The predicted molar refractivity (Wildman–Crippen MR) is 59.3 cm³/mol. The van der Waals surface area contributed by atoms with Gasteiger partial charge in [-0.25, -0.2) is 0 Å². The number of rotatable bonds is 0. The first-order valence-corrected chi connectivity index (χ1v) is 4.90. The Morgan fingerprint density at radius 2 is 1.93 bits per heavy atom. The van der Waals surface area contributed by atoms with Crippen molar-refractivity contribution in [2.24, 2.45) is 0 Å². The van der Waals surface area contributed by atoms with E-state index in [2.05, 4.69) is 47.0 Å². The van der Waals surface area contributed by atoms with Crippen LogP contribution in [0.25, 0.3) is 10.8 Å². The van der Waals surface area contributed by atoms with Crippen LogP contribution in [0.4, 0.5) is 5.69 Å². The second kappa shape index (κ2) is 3.00. The van der Waals surface area contributed by atoms with Crippen molar-refractivity contribution in [3.63, 3.8) is 0 Å². The van der Waals surface area contributed by atoms with Crippen LogP contribution in [0.2, 0.25) is 0 Å². The molecule has 2 heteroatoms. The molecule has 14 heavy (non-hydrogen) atoms. The molecule has 0 saturated carbocycles. The summed E-state index contributed by atoms with van der Waals surface area (Å²) in [7, 11) is 0. The minimum Gasteiger partial charge on any atom is -0.372 e. The maximum Gasteiger partial charge on any atom is 0.0656 e. The summed E-state index contributed by atoms with van der Waals surface area (Å²) in [5.74, 6) is 0. The minimum absolute atomic E-state index is 0.862. The van der Waals surface area contributed by atoms with Crippen molar-refractivity contribution in [1.82, 2.24) is 5.32 Å². The molecule has 0 atom stereocenters. The molecule has 2 aromatic rings. The normalized spacial score (nSPS) is 14.9. The molecule has 0 aliphatic carbocycles. The van der Waals surface area contributed by atoms with E-state index in [0.717, 1.165) is 13.2 Å². The highest BCUT2D eigenvalue weighted by Gasteiger charge is 2.09. The average Bonchev–Trinajstić information content (AvgIpc) is 2.29. The van der Waals surface area contributed by atoms with E-state index in [-0.39, 0.29) is 0 Å². The van der Waals surface area contributed by atoms with Crippen LogP contribution in [0.5, 0.6) is 0 Å². The highest BCUT2D eigenvalue weighted by Crippen LogP contribution is 2.28. The van der Waals surface area contributed by atoms with Crippen molar-refractivity contribution < 1.29 is 0 Å². The SMILES string of the molecule is c1ccc2c3c(ccc2c1)CNCN3. The summed E-state index contributed by atoms with van der Waals surface area (Å²) in [4.78, 5) is 0. The molecule has 1 heterocycles. The molecule has 0 bridgehead atoms. The summed E-state index contributed by atoms with van der Waals surface area (Å²) in [6.45, 7) is 1.83. The van der Waals surface area contributed by atoms with Gasteiger partial charge in [-0.3, -0.25) is 5.32 Å². The molecule has 0 fully saturated rings. The molecule has 0 amide bonds. The molecule has 1 aliphatic rings. The summed E-state index contributed by atoms with van der Waals surface area (Å²) in [6, 6.07) is 12.9. The van der Waals surface area contributed by atoms with Gasteiger partial charge in [-0.2, -0.15) is 0 Å². The van der Waals surface area contributed by atoms with Gasteiger partial charge >= 0.3 is 0 Å². The molecule has 3 rings (SSSR count). The van der Waals surface area contributed by atoms with Crippen LogP contribution in [0.1, 0.15) is 5.56 Å². The van der Waals surface area contributed by atoms with Gasteiger partial charge in [-0.15, -0.1) is 0 Å². The third-order valence-electron chi connectivity index (χ3n) is 2.72. The lowest BCUT2D eigenvalue weighted by atomic mass is 10.0. The molecular weight excluding hydrogens is 172 g/mol.